The maximum absolute atomic E-state index is 14.3. The number of hydrogen-bond donors (Lipinski definition) is 6. The van der Waals surface area contributed by atoms with Crippen molar-refractivity contribution in [2.45, 2.75) is 65.0 Å². The third-order valence-corrected chi connectivity index (χ3v) is 10.1. The van der Waals surface area contributed by atoms with Gasteiger partial charge in [0.2, 0.25) is 0 Å². The Bertz CT molecular complexity index is 1160. The fourth-order valence-corrected chi connectivity index (χ4v) is 7.20. The van der Waals surface area contributed by atoms with Gasteiger partial charge in [-0.25, -0.2) is 18.2 Å². The van der Waals surface area contributed by atoms with E-state index in [4.69, 9.17) is 19.4 Å². The Hall–Kier alpha value is -1.09. The molecule has 1 aromatic rings. The van der Waals surface area contributed by atoms with E-state index >= 15 is 0 Å². The summed E-state index contributed by atoms with van der Waals surface area (Å²) in [5.74, 6) is 0. The highest BCUT2D eigenvalue weighted by Crippen LogP contribution is 2.69. The van der Waals surface area contributed by atoms with Crippen molar-refractivity contribution < 1.29 is 51.1 Å². The number of aromatic nitrogens is 2. The SMILES string of the molecule is CCN(CC)CC.Cc1cn(C2CC[C@@H](CC(F)(F)P(=O)(O)OP(=O)(O)NP(=O)(O)O)O2)c(=O)[nH]c1=O. The lowest BCUT2D eigenvalue weighted by molar-refractivity contribution is -0.0482. The molecule has 0 radical (unpaired) electrons. The lowest BCUT2D eigenvalue weighted by Gasteiger charge is -2.26. The Labute approximate surface area is 211 Å². The molecule has 1 aromatic heterocycles. The number of halogens is 2. The van der Waals surface area contributed by atoms with Crippen molar-refractivity contribution in [3.8, 4) is 0 Å². The second-order valence-corrected chi connectivity index (χ2v) is 13.3. The molecule has 0 saturated carbocycles. The first-order valence-electron chi connectivity index (χ1n) is 11.1. The minimum atomic E-state index is -6.22. The molecule has 1 aliphatic heterocycles. The lowest BCUT2D eigenvalue weighted by Crippen LogP contribution is -2.33. The molecule has 1 saturated heterocycles. The summed E-state index contributed by atoms with van der Waals surface area (Å²) < 4.78 is 72.2. The third-order valence-electron chi connectivity index (χ3n) is 5.25. The van der Waals surface area contributed by atoms with Gasteiger partial charge in [0.15, 0.2) is 0 Å². The molecule has 0 amide bonds. The molecule has 0 aliphatic carbocycles. The van der Waals surface area contributed by atoms with Crippen LogP contribution in [0.25, 0.3) is 0 Å². The largest absolute Gasteiger partial charge is 0.419 e. The van der Waals surface area contributed by atoms with Gasteiger partial charge < -0.3 is 29.2 Å². The first-order valence-corrected chi connectivity index (χ1v) is 15.8. The van der Waals surface area contributed by atoms with Gasteiger partial charge in [-0.15, -0.1) is 4.86 Å². The van der Waals surface area contributed by atoms with Crippen LogP contribution in [0, 0.1) is 6.92 Å². The van der Waals surface area contributed by atoms with Gasteiger partial charge in [0, 0.05) is 18.2 Å². The van der Waals surface area contributed by atoms with Gasteiger partial charge in [0.25, 0.3) is 5.56 Å². The van der Waals surface area contributed by atoms with E-state index in [1.165, 1.54) is 26.6 Å². The molecule has 3 unspecified atom stereocenters. The summed E-state index contributed by atoms with van der Waals surface area (Å²) in [6, 6.07) is 0. The molecule has 216 valence electrons. The van der Waals surface area contributed by atoms with Gasteiger partial charge in [0.05, 0.1) is 6.10 Å². The van der Waals surface area contributed by atoms with Crippen LogP contribution in [0.2, 0.25) is 0 Å². The smallest absolute Gasteiger partial charge is 0.354 e. The van der Waals surface area contributed by atoms with Crippen molar-refractivity contribution >= 4 is 23.1 Å². The summed E-state index contributed by atoms with van der Waals surface area (Å²) in [5, 5.41) is 0. The molecule has 20 heteroatoms. The zero-order valence-electron chi connectivity index (χ0n) is 20.6. The van der Waals surface area contributed by atoms with Crippen LogP contribution in [0.15, 0.2) is 15.8 Å². The summed E-state index contributed by atoms with van der Waals surface area (Å²) >= 11 is 0. The maximum atomic E-state index is 14.3. The van der Waals surface area contributed by atoms with Crippen LogP contribution < -0.4 is 16.1 Å². The summed E-state index contributed by atoms with van der Waals surface area (Å²) in [4.78, 5) is 63.9. The molecule has 37 heavy (non-hydrogen) atoms. The molecule has 4 atom stereocenters. The van der Waals surface area contributed by atoms with Gasteiger partial charge >= 0.3 is 34.4 Å². The van der Waals surface area contributed by atoms with E-state index in [1.54, 1.807) is 0 Å². The number of aromatic amines is 1. The molecular weight excluding hydrogens is 567 g/mol. The van der Waals surface area contributed by atoms with Crippen molar-refractivity contribution in [2.75, 3.05) is 19.6 Å². The number of nitrogens with zero attached hydrogens (tertiary/aromatic N) is 2. The van der Waals surface area contributed by atoms with E-state index in [-0.39, 0.29) is 18.4 Å². The van der Waals surface area contributed by atoms with Crippen molar-refractivity contribution in [3.63, 3.8) is 0 Å². The highest BCUT2D eigenvalue weighted by atomic mass is 31.3. The number of aryl methyl sites for hydroxylation is 1. The second-order valence-electron chi connectivity index (χ2n) is 8.02. The average molecular weight is 600 g/mol. The molecule has 15 nitrogen and oxygen atoms in total. The number of rotatable bonds is 11. The van der Waals surface area contributed by atoms with Crippen LogP contribution in [0.1, 0.15) is 51.8 Å². The zero-order chi connectivity index (χ0) is 28.8. The maximum Gasteiger partial charge on any atom is 0.419 e. The quantitative estimate of drug-likeness (QED) is 0.200. The Kier molecular flexibility index (Phi) is 12.2. The third kappa shape index (κ3) is 10.5. The van der Waals surface area contributed by atoms with Crippen LogP contribution in [-0.2, 0) is 22.7 Å². The van der Waals surface area contributed by atoms with Crippen LogP contribution in [0.3, 0.4) is 0 Å². The normalized spacial score (nSPS) is 21.7. The lowest BCUT2D eigenvalue weighted by atomic mass is 10.2. The second kappa shape index (κ2) is 13.3. The highest BCUT2D eigenvalue weighted by Gasteiger charge is 2.57. The van der Waals surface area contributed by atoms with Crippen LogP contribution in [0.4, 0.5) is 8.78 Å². The van der Waals surface area contributed by atoms with Gasteiger partial charge in [-0.1, -0.05) is 20.8 Å². The predicted octanol–water partition coefficient (Wildman–Crippen LogP) is 1.84. The molecule has 1 aliphatic rings. The highest BCUT2D eigenvalue weighted by molar-refractivity contribution is 7.72. The Morgan fingerprint density at radius 1 is 1.14 bits per heavy atom. The number of hydrogen-bond acceptors (Lipinski definition) is 8. The summed E-state index contributed by atoms with van der Waals surface area (Å²) in [5.41, 5.74) is -6.00. The molecule has 1 fully saturated rings. The minimum absolute atomic E-state index is 0.0287. The van der Waals surface area contributed by atoms with Crippen molar-refractivity contribution in [2.24, 2.45) is 0 Å². The van der Waals surface area contributed by atoms with E-state index in [9.17, 15) is 37.0 Å². The first kappa shape index (κ1) is 33.9. The van der Waals surface area contributed by atoms with Crippen LogP contribution in [0.5, 0.6) is 0 Å². The standard InChI is InChI=1S/C11H18F2N3O11P3.C6H15N/c1-6-5-16(10(18)14-9(6)17)8-3-2-7(26-8)4-11(12,13)28(19,20)27-30(24,25)15-29(21,22)23;1-4-7(5-2)6-3/h5,7-8H,2-4H2,1H3,(H,19,20)(H,14,17,18)(H4,15,21,22,23,24,25);4-6H2,1-3H3/t7-,8?;/m0./s1. The zero-order valence-corrected chi connectivity index (χ0v) is 23.3. The predicted molar refractivity (Wildman–Crippen MR) is 128 cm³/mol. The van der Waals surface area contributed by atoms with Gasteiger partial charge in [-0.2, -0.15) is 8.78 Å². The molecule has 0 bridgehead atoms. The van der Waals surface area contributed by atoms with Gasteiger partial charge in [0.1, 0.15) is 6.23 Å². The fourth-order valence-electron chi connectivity index (χ4n) is 3.29. The first-order chi connectivity index (χ1) is 16.8. The van der Waals surface area contributed by atoms with Crippen LogP contribution in [-0.4, -0.2) is 65.4 Å². The minimum Gasteiger partial charge on any atom is -0.354 e. The molecule has 6 N–H and O–H groups in total. The number of ether oxygens (including phenoxy) is 1. The molecular formula is C17H33F2N4O11P3. The van der Waals surface area contributed by atoms with E-state index in [0.717, 1.165) is 10.8 Å². The van der Waals surface area contributed by atoms with E-state index in [1.807, 2.05) is 4.98 Å². The molecule has 2 heterocycles. The van der Waals surface area contributed by atoms with E-state index < -0.39 is 58.8 Å². The van der Waals surface area contributed by atoms with Crippen LogP contribution >= 0.6 is 23.1 Å². The monoisotopic (exact) mass is 600 g/mol. The fraction of sp³-hybridized carbons (Fsp3) is 0.765. The molecule has 0 spiro atoms. The Morgan fingerprint density at radius 2 is 1.68 bits per heavy atom. The van der Waals surface area contributed by atoms with E-state index in [2.05, 4.69) is 30.0 Å². The number of alkyl halides is 2. The Morgan fingerprint density at radius 3 is 2.14 bits per heavy atom. The molecule has 2 rings (SSSR count). The van der Waals surface area contributed by atoms with Crippen molar-refractivity contribution in [1.29, 1.82) is 0 Å². The summed E-state index contributed by atoms with van der Waals surface area (Å²) in [6.07, 6.45) is -2.84. The van der Waals surface area contributed by atoms with Crippen molar-refractivity contribution in [3.05, 3.63) is 32.6 Å². The van der Waals surface area contributed by atoms with Gasteiger partial charge in [-0.05, 0) is 39.4 Å². The van der Waals surface area contributed by atoms with E-state index in [0.29, 0.717) is 4.86 Å². The topological polar surface area (TPSA) is 221 Å². The number of nitrogens with one attached hydrogen (secondary N) is 2. The average Bonchev–Trinajstić information content (AvgIpc) is 3.17. The summed E-state index contributed by atoms with van der Waals surface area (Å²) in [7, 11) is -17.5. The van der Waals surface area contributed by atoms with Gasteiger partial charge in [-0.3, -0.25) is 18.9 Å². The van der Waals surface area contributed by atoms with Crippen molar-refractivity contribution in [1.82, 2.24) is 19.3 Å². The number of H-pyrrole nitrogens is 1. The Balaban J connectivity index is 0.000000856. The molecule has 0 aromatic carbocycles. The summed E-state index contributed by atoms with van der Waals surface area (Å²) in [6.45, 7) is 11.5.